The lowest BCUT2D eigenvalue weighted by atomic mass is 9.86. The molecule has 90 valence electrons. The van der Waals surface area contributed by atoms with E-state index in [9.17, 15) is 0 Å². The third-order valence-electron chi connectivity index (χ3n) is 2.56. The van der Waals surface area contributed by atoms with Crippen LogP contribution in [-0.4, -0.2) is 6.04 Å². The Hall–Kier alpha value is -0.340. The van der Waals surface area contributed by atoms with Crippen LogP contribution in [0.5, 0.6) is 0 Å². The van der Waals surface area contributed by atoms with Crippen LogP contribution >= 0.6 is 0 Å². The Morgan fingerprint density at radius 1 is 1.27 bits per heavy atom. The summed E-state index contributed by atoms with van der Waals surface area (Å²) in [4.78, 5) is 0. The van der Waals surface area contributed by atoms with Crippen molar-refractivity contribution in [3.8, 4) is 0 Å². The lowest BCUT2D eigenvalue weighted by molar-refractivity contribution is 0.295. The van der Waals surface area contributed by atoms with Gasteiger partial charge in [0.05, 0.1) is 0 Å². The summed E-state index contributed by atoms with van der Waals surface area (Å²) in [7, 11) is 0. The summed E-state index contributed by atoms with van der Waals surface area (Å²) in [5.74, 6) is 5.55. The minimum Gasteiger partial charge on any atom is -0.271 e. The molecule has 0 spiro atoms. The second-order valence-electron chi connectivity index (χ2n) is 5.56. The highest BCUT2D eigenvalue weighted by molar-refractivity contribution is 4.73. The smallest absolute Gasteiger partial charge is 0.0215 e. The van der Waals surface area contributed by atoms with Gasteiger partial charge in [0.1, 0.15) is 0 Å². The van der Waals surface area contributed by atoms with Gasteiger partial charge in [0.25, 0.3) is 0 Å². The molecule has 0 heterocycles. The summed E-state index contributed by atoms with van der Waals surface area (Å²) in [6.45, 7) is 10.5. The zero-order valence-corrected chi connectivity index (χ0v) is 10.7. The van der Waals surface area contributed by atoms with Crippen molar-refractivity contribution in [2.24, 2.45) is 11.3 Å². The largest absolute Gasteiger partial charge is 0.271 e. The summed E-state index contributed by atoms with van der Waals surface area (Å²) >= 11 is 0. The van der Waals surface area contributed by atoms with Gasteiger partial charge in [-0.2, -0.15) is 0 Å². The molecule has 0 aliphatic carbocycles. The fraction of sp³-hybridized carbons (Fsp3) is 0.846. The van der Waals surface area contributed by atoms with Crippen molar-refractivity contribution in [3.63, 3.8) is 0 Å². The molecule has 0 fully saturated rings. The van der Waals surface area contributed by atoms with E-state index in [0.717, 1.165) is 12.8 Å². The summed E-state index contributed by atoms with van der Waals surface area (Å²) in [5.41, 5.74) is 3.29. The zero-order chi connectivity index (χ0) is 11.7. The predicted octanol–water partition coefficient (Wildman–Crippen LogP) is 3.39. The number of hydrogen-bond donors (Lipinski definition) is 2. The number of allylic oxidation sites excluding steroid dienone is 1. The van der Waals surface area contributed by atoms with Crippen LogP contribution in [0.3, 0.4) is 0 Å². The van der Waals surface area contributed by atoms with Crippen molar-refractivity contribution in [3.05, 3.63) is 12.7 Å². The Kier molecular flexibility index (Phi) is 7.71. The second kappa shape index (κ2) is 7.89. The highest BCUT2D eigenvalue weighted by atomic mass is 15.2. The number of hydrogen-bond acceptors (Lipinski definition) is 2. The van der Waals surface area contributed by atoms with Gasteiger partial charge in [-0.15, -0.1) is 6.58 Å². The number of nitrogens with one attached hydrogen (secondary N) is 1. The molecule has 0 saturated heterocycles. The van der Waals surface area contributed by atoms with Gasteiger partial charge >= 0.3 is 0 Å². The van der Waals surface area contributed by atoms with Gasteiger partial charge < -0.3 is 0 Å². The van der Waals surface area contributed by atoms with E-state index in [4.69, 9.17) is 5.84 Å². The van der Waals surface area contributed by atoms with E-state index in [1.807, 2.05) is 6.08 Å². The lowest BCUT2D eigenvalue weighted by Crippen LogP contribution is -2.37. The molecule has 2 heteroatoms. The topological polar surface area (TPSA) is 38.0 Å². The first-order valence-electron chi connectivity index (χ1n) is 6.06. The quantitative estimate of drug-likeness (QED) is 0.280. The molecule has 1 atom stereocenters. The van der Waals surface area contributed by atoms with E-state index in [1.165, 1.54) is 25.7 Å². The average molecular weight is 212 g/mol. The van der Waals surface area contributed by atoms with Gasteiger partial charge in [-0.25, -0.2) is 0 Å². The van der Waals surface area contributed by atoms with Crippen LogP contribution in [0.25, 0.3) is 0 Å². The molecule has 15 heavy (non-hydrogen) atoms. The predicted molar refractivity (Wildman–Crippen MR) is 68.5 cm³/mol. The third-order valence-corrected chi connectivity index (χ3v) is 2.56. The Bertz CT molecular complexity index is 158. The Morgan fingerprint density at radius 3 is 2.40 bits per heavy atom. The standard InChI is InChI=1S/C13H28N2/c1-5-6-7-8-9-10-12(15-14)11-13(2,3)4/h5,12,15H,1,6-11,14H2,2-4H3. The molecule has 0 aromatic carbocycles. The van der Waals surface area contributed by atoms with E-state index in [0.29, 0.717) is 11.5 Å². The number of unbranched alkanes of at least 4 members (excludes halogenated alkanes) is 3. The van der Waals surface area contributed by atoms with Crippen LogP contribution < -0.4 is 11.3 Å². The van der Waals surface area contributed by atoms with Crippen LogP contribution in [0.15, 0.2) is 12.7 Å². The van der Waals surface area contributed by atoms with Crippen LogP contribution in [0.2, 0.25) is 0 Å². The molecular weight excluding hydrogens is 184 g/mol. The van der Waals surface area contributed by atoms with Gasteiger partial charge in [0, 0.05) is 6.04 Å². The number of hydrazine groups is 1. The molecule has 3 N–H and O–H groups in total. The molecule has 0 aliphatic heterocycles. The van der Waals surface area contributed by atoms with Crippen molar-refractivity contribution in [2.45, 2.75) is 65.3 Å². The van der Waals surface area contributed by atoms with Gasteiger partial charge in [-0.3, -0.25) is 11.3 Å². The van der Waals surface area contributed by atoms with E-state index in [1.54, 1.807) is 0 Å². The maximum Gasteiger partial charge on any atom is 0.0215 e. The summed E-state index contributed by atoms with van der Waals surface area (Å²) in [6, 6.07) is 0.466. The number of nitrogens with two attached hydrogens (primary N) is 1. The summed E-state index contributed by atoms with van der Waals surface area (Å²) in [6.07, 6.45) is 9.27. The number of rotatable bonds is 8. The average Bonchev–Trinajstić information content (AvgIpc) is 2.14. The van der Waals surface area contributed by atoms with Crippen molar-refractivity contribution in [1.82, 2.24) is 5.43 Å². The van der Waals surface area contributed by atoms with Gasteiger partial charge in [-0.05, 0) is 31.1 Å². The van der Waals surface area contributed by atoms with Crippen LogP contribution in [0, 0.1) is 5.41 Å². The maximum absolute atomic E-state index is 5.55. The first-order valence-corrected chi connectivity index (χ1v) is 6.06. The highest BCUT2D eigenvalue weighted by Crippen LogP contribution is 2.22. The van der Waals surface area contributed by atoms with Gasteiger partial charge in [-0.1, -0.05) is 39.7 Å². The molecule has 0 aromatic rings. The van der Waals surface area contributed by atoms with Crippen molar-refractivity contribution < 1.29 is 0 Å². The Balaban J connectivity index is 3.57. The molecule has 0 amide bonds. The fourth-order valence-corrected chi connectivity index (χ4v) is 1.84. The minimum atomic E-state index is 0.359. The van der Waals surface area contributed by atoms with Gasteiger partial charge in [0.2, 0.25) is 0 Å². The first kappa shape index (κ1) is 14.7. The Labute approximate surface area is 95.3 Å². The molecule has 0 radical (unpaired) electrons. The second-order valence-corrected chi connectivity index (χ2v) is 5.56. The normalized spacial score (nSPS) is 13.9. The molecule has 0 rings (SSSR count). The molecule has 0 saturated carbocycles. The zero-order valence-electron chi connectivity index (χ0n) is 10.7. The highest BCUT2D eigenvalue weighted by Gasteiger charge is 2.16. The summed E-state index contributed by atoms with van der Waals surface area (Å²) in [5, 5.41) is 0. The van der Waals surface area contributed by atoms with Crippen molar-refractivity contribution in [1.29, 1.82) is 0 Å². The molecule has 0 aliphatic rings. The Morgan fingerprint density at radius 2 is 1.93 bits per heavy atom. The van der Waals surface area contributed by atoms with Crippen molar-refractivity contribution in [2.75, 3.05) is 0 Å². The SMILES string of the molecule is C=CCCCCCC(CC(C)(C)C)NN. The lowest BCUT2D eigenvalue weighted by Gasteiger charge is -2.25. The van der Waals surface area contributed by atoms with Crippen molar-refractivity contribution >= 4 is 0 Å². The van der Waals surface area contributed by atoms with Crippen LogP contribution in [0.1, 0.15) is 59.3 Å². The molecular formula is C13H28N2. The van der Waals surface area contributed by atoms with E-state index in [-0.39, 0.29) is 0 Å². The minimum absolute atomic E-state index is 0.359. The van der Waals surface area contributed by atoms with Crippen LogP contribution in [-0.2, 0) is 0 Å². The van der Waals surface area contributed by atoms with Gasteiger partial charge in [0.15, 0.2) is 0 Å². The fourth-order valence-electron chi connectivity index (χ4n) is 1.84. The maximum atomic E-state index is 5.55. The molecule has 2 nitrogen and oxygen atoms in total. The van der Waals surface area contributed by atoms with Crippen LogP contribution in [0.4, 0.5) is 0 Å². The third kappa shape index (κ3) is 9.95. The molecule has 1 unspecified atom stereocenters. The van der Waals surface area contributed by atoms with E-state index >= 15 is 0 Å². The first-order chi connectivity index (χ1) is 6.99. The summed E-state index contributed by atoms with van der Waals surface area (Å²) < 4.78 is 0. The van der Waals surface area contributed by atoms with E-state index in [2.05, 4.69) is 32.8 Å². The molecule has 0 bridgehead atoms. The van der Waals surface area contributed by atoms with E-state index < -0.39 is 0 Å². The monoisotopic (exact) mass is 212 g/mol. The molecule has 0 aromatic heterocycles.